The molecule has 4 rings (SSSR count). The van der Waals surface area contributed by atoms with E-state index < -0.39 is 27.7 Å². The average Bonchev–Trinajstić information content (AvgIpc) is 3.26. The Hall–Kier alpha value is -3.90. The lowest BCUT2D eigenvalue weighted by Gasteiger charge is -2.13. The molecule has 1 N–H and O–H groups in total. The first kappa shape index (κ1) is 24.2. The number of ether oxygens (including phenoxy) is 2. The van der Waals surface area contributed by atoms with Gasteiger partial charge in [0.15, 0.2) is 0 Å². The number of methoxy groups -OCH3 is 1. The highest BCUT2D eigenvalue weighted by Crippen LogP contribution is 2.36. The van der Waals surface area contributed by atoms with Crippen molar-refractivity contribution in [3.05, 3.63) is 78.1 Å². The van der Waals surface area contributed by atoms with Crippen LogP contribution >= 0.6 is 0 Å². The summed E-state index contributed by atoms with van der Waals surface area (Å²) in [4.78, 5) is 16.2. The zero-order valence-electron chi connectivity index (χ0n) is 18.3. The standard InChI is InChI=1S/C23H18F3N3O5S/c1-27-35(31,32)17-7-8-20(34-16-5-3-15(4-6-16)23(24,25)26)18(12-17)19-13-29-10-9-14(22(30)33-2)11-21(29)28-19/h3-13,27H,1-2H3. The molecule has 0 radical (unpaired) electrons. The molecule has 0 aliphatic carbocycles. The number of pyridine rings is 1. The molecule has 12 heteroatoms. The Bertz CT molecular complexity index is 1510. The third-order valence-electron chi connectivity index (χ3n) is 5.10. The van der Waals surface area contributed by atoms with E-state index in [-0.39, 0.29) is 27.5 Å². The highest BCUT2D eigenvalue weighted by atomic mass is 32.2. The fourth-order valence-electron chi connectivity index (χ4n) is 3.28. The Kier molecular flexibility index (Phi) is 6.26. The smallest absolute Gasteiger partial charge is 0.416 e. The van der Waals surface area contributed by atoms with Crippen molar-refractivity contribution in [1.82, 2.24) is 14.1 Å². The SMILES string of the molecule is CNS(=O)(=O)c1ccc(Oc2ccc(C(F)(F)F)cc2)c(-c2cn3ccc(C(=O)OC)cc3n2)c1. The minimum atomic E-state index is -4.49. The van der Waals surface area contributed by atoms with Crippen LogP contribution in [0, 0.1) is 0 Å². The number of rotatable bonds is 6. The van der Waals surface area contributed by atoms with Gasteiger partial charge >= 0.3 is 12.1 Å². The van der Waals surface area contributed by atoms with Gasteiger partial charge in [-0.1, -0.05) is 0 Å². The molecule has 0 atom stereocenters. The van der Waals surface area contributed by atoms with Crippen LogP contribution in [-0.4, -0.2) is 37.9 Å². The Morgan fingerprint density at radius 3 is 2.40 bits per heavy atom. The van der Waals surface area contributed by atoms with E-state index in [9.17, 15) is 26.4 Å². The molecule has 2 aromatic heterocycles. The number of esters is 1. The Morgan fingerprint density at radius 1 is 1.06 bits per heavy atom. The molecule has 0 aliphatic rings. The second-order valence-electron chi connectivity index (χ2n) is 7.29. The number of fused-ring (bicyclic) bond motifs is 1. The van der Waals surface area contributed by atoms with Crippen LogP contribution in [0.4, 0.5) is 13.2 Å². The zero-order valence-corrected chi connectivity index (χ0v) is 19.1. The molecule has 0 spiro atoms. The van der Waals surface area contributed by atoms with Crippen LogP contribution in [0.1, 0.15) is 15.9 Å². The van der Waals surface area contributed by atoms with Crippen LogP contribution in [0.3, 0.4) is 0 Å². The summed E-state index contributed by atoms with van der Waals surface area (Å²) in [5.74, 6) is -0.276. The van der Waals surface area contributed by atoms with Crippen LogP contribution in [0.25, 0.3) is 16.9 Å². The Labute approximate surface area is 198 Å². The molecule has 35 heavy (non-hydrogen) atoms. The normalized spacial score (nSPS) is 12.0. The van der Waals surface area contributed by atoms with Crippen molar-refractivity contribution < 1.29 is 35.9 Å². The van der Waals surface area contributed by atoms with Crippen LogP contribution in [0.2, 0.25) is 0 Å². The fourth-order valence-corrected chi connectivity index (χ4v) is 4.03. The predicted molar refractivity (Wildman–Crippen MR) is 120 cm³/mol. The number of aromatic nitrogens is 2. The lowest BCUT2D eigenvalue weighted by Crippen LogP contribution is -2.18. The second kappa shape index (κ2) is 9.04. The topological polar surface area (TPSA) is 99.0 Å². The molecule has 8 nitrogen and oxygen atoms in total. The molecule has 0 fully saturated rings. The first-order chi connectivity index (χ1) is 16.5. The van der Waals surface area contributed by atoms with Crippen LogP contribution in [0.5, 0.6) is 11.5 Å². The summed E-state index contributed by atoms with van der Waals surface area (Å²) in [6, 6.07) is 11.2. The number of imidazole rings is 1. The van der Waals surface area contributed by atoms with Gasteiger partial charge in [0.05, 0.1) is 28.8 Å². The number of nitrogens with zero attached hydrogens (tertiary/aromatic N) is 2. The molecular weight excluding hydrogens is 487 g/mol. The van der Waals surface area contributed by atoms with E-state index >= 15 is 0 Å². The Balaban J connectivity index is 1.81. The van der Waals surface area contributed by atoms with Gasteiger partial charge < -0.3 is 13.9 Å². The summed E-state index contributed by atoms with van der Waals surface area (Å²) in [5, 5.41) is 0. The quantitative estimate of drug-likeness (QED) is 0.387. The van der Waals surface area contributed by atoms with Crippen molar-refractivity contribution in [2.45, 2.75) is 11.1 Å². The van der Waals surface area contributed by atoms with Crippen molar-refractivity contribution >= 4 is 21.6 Å². The molecule has 2 heterocycles. The summed E-state index contributed by atoms with van der Waals surface area (Å²) in [6.07, 6.45) is -1.31. The van der Waals surface area contributed by atoms with Gasteiger partial charge in [-0.3, -0.25) is 0 Å². The Morgan fingerprint density at radius 2 is 1.77 bits per heavy atom. The molecule has 0 unspecified atom stereocenters. The number of benzene rings is 2. The van der Waals surface area contributed by atoms with Gasteiger partial charge in [-0.05, 0) is 61.6 Å². The van der Waals surface area contributed by atoms with Crippen molar-refractivity contribution in [2.75, 3.05) is 14.2 Å². The summed E-state index contributed by atoms with van der Waals surface area (Å²) in [6.45, 7) is 0. The third kappa shape index (κ3) is 4.98. The van der Waals surface area contributed by atoms with E-state index in [0.717, 1.165) is 24.3 Å². The largest absolute Gasteiger partial charge is 0.465 e. The lowest BCUT2D eigenvalue weighted by atomic mass is 10.1. The number of carbonyl (C=O) groups excluding carboxylic acids is 1. The van der Waals surface area contributed by atoms with Crippen molar-refractivity contribution in [3.8, 4) is 22.8 Å². The summed E-state index contributed by atoms with van der Waals surface area (Å²) < 4.78 is 77.8. The molecule has 0 bridgehead atoms. The minimum Gasteiger partial charge on any atom is -0.465 e. The van der Waals surface area contributed by atoms with E-state index in [0.29, 0.717) is 11.3 Å². The van der Waals surface area contributed by atoms with Gasteiger partial charge in [0, 0.05) is 18.0 Å². The zero-order chi connectivity index (χ0) is 25.4. The van der Waals surface area contributed by atoms with Gasteiger partial charge in [0.25, 0.3) is 0 Å². The maximum absolute atomic E-state index is 12.9. The summed E-state index contributed by atoms with van der Waals surface area (Å²) in [7, 11) is -1.30. The maximum atomic E-state index is 12.9. The summed E-state index contributed by atoms with van der Waals surface area (Å²) >= 11 is 0. The molecule has 0 aliphatic heterocycles. The van der Waals surface area contributed by atoms with Crippen molar-refractivity contribution in [2.24, 2.45) is 0 Å². The summed E-state index contributed by atoms with van der Waals surface area (Å²) in [5.41, 5.74) is 0.393. The molecular formula is C23H18F3N3O5S. The molecule has 0 saturated carbocycles. The highest BCUT2D eigenvalue weighted by molar-refractivity contribution is 7.89. The first-order valence-corrected chi connectivity index (χ1v) is 11.5. The number of hydrogen-bond donors (Lipinski definition) is 1. The second-order valence-corrected chi connectivity index (χ2v) is 9.17. The molecule has 4 aromatic rings. The highest BCUT2D eigenvalue weighted by Gasteiger charge is 2.30. The van der Waals surface area contributed by atoms with Crippen LogP contribution in [0.15, 0.2) is 71.9 Å². The molecule has 0 saturated heterocycles. The van der Waals surface area contributed by atoms with E-state index in [1.807, 2.05) is 0 Å². The molecule has 2 aromatic carbocycles. The predicted octanol–water partition coefficient (Wildman–Crippen LogP) is 4.51. The lowest BCUT2D eigenvalue weighted by molar-refractivity contribution is -0.137. The van der Waals surface area contributed by atoms with Crippen LogP contribution < -0.4 is 9.46 Å². The average molecular weight is 505 g/mol. The number of nitrogens with one attached hydrogen (secondary N) is 1. The van der Waals surface area contributed by atoms with Gasteiger partial charge in [-0.25, -0.2) is 22.9 Å². The van der Waals surface area contributed by atoms with Gasteiger partial charge in [0.1, 0.15) is 17.1 Å². The monoisotopic (exact) mass is 505 g/mol. The van der Waals surface area contributed by atoms with Crippen LogP contribution in [-0.2, 0) is 20.9 Å². The van der Waals surface area contributed by atoms with E-state index in [1.54, 1.807) is 16.8 Å². The van der Waals surface area contributed by atoms with E-state index in [4.69, 9.17) is 9.47 Å². The fraction of sp³-hybridized carbons (Fsp3) is 0.130. The maximum Gasteiger partial charge on any atom is 0.416 e. The van der Waals surface area contributed by atoms with E-state index in [2.05, 4.69) is 9.71 Å². The first-order valence-electron chi connectivity index (χ1n) is 10.0. The third-order valence-corrected chi connectivity index (χ3v) is 6.51. The van der Waals surface area contributed by atoms with Gasteiger partial charge in [-0.15, -0.1) is 0 Å². The number of halogens is 3. The minimum absolute atomic E-state index is 0.0675. The van der Waals surface area contributed by atoms with Gasteiger partial charge in [0.2, 0.25) is 10.0 Å². The molecule has 182 valence electrons. The number of hydrogen-bond acceptors (Lipinski definition) is 6. The van der Waals surface area contributed by atoms with Crippen molar-refractivity contribution in [3.63, 3.8) is 0 Å². The number of sulfonamides is 1. The number of carbonyl (C=O) groups is 1. The van der Waals surface area contributed by atoms with Crippen molar-refractivity contribution in [1.29, 1.82) is 0 Å². The van der Waals surface area contributed by atoms with Gasteiger partial charge in [-0.2, -0.15) is 13.2 Å². The molecule has 0 amide bonds. The number of alkyl halides is 3. The van der Waals surface area contributed by atoms with E-state index in [1.165, 1.54) is 44.5 Å².